The topological polar surface area (TPSA) is 85.8 Å². The lowest BCUT2D eigenvalue weighted by atomic mass is 10.00. The summed E-state index contributed by atoms with van der Waals surface area (Å²) >= 11 is 1.64. The molecule has 1 unspecified atom stereocenters. The van der Waals surface area contributed by atoms with E-state index in [0.717, 1.165) is 22.3 Å². The summed E-state index contributed by atoms with van der Waals surface area (Å²) in [6.07, 6.45) is 0. The summed E-state index contributed by atoms with van der Waals surface area (Å²) in [7, 11) is 1.95. The third kappa shape index (κ3) is 3.62. The Morgan fingerprint density at radius 1 is 1.38 bits per heavy atom. The lowest BCUT2D eigenvalue weighted by molar-refractivity contribution is -0.122. The Bertz CT molecular complexity index is 623. The molecule has 0 aliphatic rings. The second-order valence-corrected chi connectivity index (χ2v) is 5.79. The van der Waals surface area contributed by atoms with Crippen LogP contribution in [0.3, 0.4) is 0 Å². The third-order valence-corrected chi connectivity index (χ3v) is 4.53. The van der Waals surface area contributed by atoms with Crippen LogP contribution in [0.15, 0.2) is 29.4 Å². The number of nitrogens with zero attached hydrogens (tertiary/aromatic N) is 3. The van der Waals surface area contributed by atoms with Crippen molar-refractivity contribution < 1.29 is 4.79 Å². The monoisotopic (exact) mass is 305 g/mol. The van der Waals surface area contributed by atoms with E-state index in [1.165, 1.54) is 5.56 Å². The van der Waals surface area contributed by atoms with Gasteiger partial charge in [-0.2, -0.15) is 0 Å². The molecule has 1 aromatic heterocycles. The van der Waals surface area contributed by atoms with E-state index in [0.29, 0.717) is 0 Å². The van der Waals surface area contributed by atoms with Gasteiger partial charge in [0, 0.05) is 12.8 Å². The zero-order chi connectivity index (χ0) is 15.4. The van der Waals surface area contributed by atoms with Gasteiger partial charge in [-0.1, -0.05) is 36.0 Å². The smallest absolute Gasteiger partial charge is 0.241 e. The number of rotatable bonds is 5. The average Bonchev–Trinajstić information content (AvgIpc) is 2.83. The summed E-state index contributed by atoms with van der Waals surface area (Å²) in [6.45, 7) is 3.75. The van der Waals surface area contributed by atoms with Crippen LogP contribution in [0.5, 0.6) is 0 Å². The molecular formula is C14H19N5OS. The zero-order valence-corrected chi connectivity index (χ0v) is 13.1. The summed E-state index contributed by atoms with van der Waals surface area (Å²) in [4.78, 5) is 11.5. The van der Waals surface area contributed by atoms with Crippen molar-refractivity contribution in [1.29, 1.82) is 0 Å². The third-order valence-electron chi connectivity index (χ3n) is 3.44. The molecule has 3 N–H and O–H groups in total. The quantitative estimate of drug-likeness (QED) is 0.378. The second kappa shape index (κ2) is 6.73. The largest absolute Gasteiger partial charge is 0.309 e. The fourth-order valence-electron chi connectivity index (χ4n) is 1.84. The molecular weight excluding hydrogens is 286 g/mol. The van der Waals surface area contributed by atoms with E-state index in [1.54, 1.807) is 11.8 Å². The number of hydrazine groups is 1. The summed E-state index contributed by atoms with van der Waals surface area (Å²) in [5.41, 5.74) is 4.29. The van der Waals surface area contributed by atoms with Crippen LogP contribution in [0, 0.1) is 6.92 Å². The van der Waals surface area contributed by atoms with Crippen LogP contribution < -0.4 is 11.3 Å². The van der Waals surface area contributed by atoms with Gasteiger partial charge >= 0.3 is 0 Å². The molecule has 0 fully saturated rings. The van der Waals surface area contributed by atoms with Crippen molar-refractivity contribution in [3.05, 3.63) is 41.2 Å². The molecule has 6 nitrogen and oxygen atoms in total. The number of carbonyl (C=O) groups excluding carboxylic acids is 1. The average molecular weight is 305 g/mol. The molecule has 0 aliphatic heterocycles. The van der Waals surface area contributed by atoms with Crippen molar-refractivity contribution in [1.82, 2.24) is 20.2 Å². The van der Waals surface area contributed by atoms with Gasteiger partial charge in [0.05, 0.1) is 5.92 Å². The number of hydrogen-bond acceptors (Lipinski definition) is 5. The molecule has 21 heavy (non-hydrogen) atoms. The summed E-state index contributed by atoms with van der Waals surface area (Å²) in [5, 5.41) is 9.05. The summed E-state index contributed by atoms with van der Waals surface area (Å²) in [6, 6.07) is 7.95. The molecule has 2 rings (SSSR count). The minimum Gasteiger partial charge on any atom is -0.309 e. The zero-order valence-electron chi connectivity index (χ0n) is 12.3. The molecule has 2 aromatic rings. The molecule has 0 aliphatic carbocycles. The number of nitrogens with one attached hydrogen (secondary N) is 1. The van der Waals surface area contributed by atoms with E-state index < -0.39 is 0 Å². The first-order chi connectivity index (χ1) is 10.0. The molecule has 0 spiro atoms. The first-order valence-corrected chi connectivity index (χ1v) is 7.59. The standard InChI is InChI=1S/C14H19N5OS/c1-9(13(20)16-15)12-6-4-11(5-7-12)8-21-14-18-17-10(2)19(14)3/h4-7,9H,8,15H2,1-3H3,(H,16,20). The number of aromatic nitrogens is 3. The van der Waals surface area contributed by atoms with Gasteiger partial charge < -0.3 is 4.57 Å². The SMILES string of the molecule is Cc1nnc(SCc2ccc(C(C)C(=O)NN)cc2)n1C. The number of nitrogens with two attached hydrogens (primary N) is 1. The Morgan fingerprint density at radius 2 is 2.05 bits per heavy atom. The van der Waals surface area contributed by atoms with Gasteiger partial charge in [-0.05, 0) is 25.0 Å². The van der Waals surface area contributed by atoms with Gasteiger partial charge in [-0.3, -0.25) is 10.2 Å². The molecule has 1 heterocycles. The molecule has 0 saturated carbocycles. The molecule has 1 amide bonds. The molecule has 7 heteroatoms. The van der Waals surface area contributed by atoms with Crippen molar-refractivity contribution in [2.75, 3.05) is 0 Å². The lowest BCUT2D eigenvalue weighted by Crippen LogP contribution is -2.33. The Morgan fingerprint density at radius 3 is 2.57 bits per heavy atom. The van der Waals surface area contributed by atoms with Crippen molar-refractivity contribution in [2.24, 2.45) is 12.9 Å². The summed E-state index contributed by atoms with van der Waals surface area (Å²) in [5.74, 6) is 6.42. The predicted molar refractivity (Wildman–Crippen MR) is 82.5 cm³/mol. The number of benzene rings is 1. The van der Waals surface area contributed by atoms with Gasteiger partial charge in [-0.25, -0.2) is 5.84 Å². The number of carbonyl (C=O) groups is 1. The van der Waals surface area contributed by atoms with Crippen LogP contribution in [0.2, 0.25) is 0 Å². The highest BCUT2D eigenvalue weighted by atomic mass is 32.2. The van der Waals surface area contributed by atoms with Crippen molar-refractivity contribution in [3.63, 3.8) is 0 Å². The summed E-state index contributed by atoms with van der Waals surface area (Å²) < 4.78 is 1.96. The highest BCUT2D eigenvalue weighted by molar-refractivity contribution is 7.98. The molecule has 0 saturated heterocycles. The highest BCUT2D eigenvalue weighted by Crippen LogP contribution is 2.22. The van der Waals surface area contributed by atoms with E-state index in [9.17, 15) is 4.79 Å². The molecule has 112 valence electrons. The van der Waals surface area contributed by atoms with Crippen LogP contribution in [0.25, 0.3) is 0 Å². The Kier molecular flexibility index (Phi) is 4.98. The van der Waals surface area contributed by atoms with E-state index in [-0.39, 0.29) is 11.8 Å². The van der Waals surface area contributed by atoms with E-state index in [4.69, 9.17) is 5.84 Å². The van der Waals surface area contributed by atoms with Crippen LogP contribution in [-0.2, 0) is 17.6 Å². The molecule has 1 atom stereocenters. The van der Waals surface area contributed by atoms with Crippen LogP contribution in [0.4, 0.5) is 0 Å². The Balaban J connectivity index is 1.99. The van der Waals surface area contributed by atoms with Gasteiger partial charge in [0.2, 0.25) is 5.91 Å². The number of hydrogen-bond donors (Lipinski definition) is 2. The van der Waals surface area contributed by atoms with Gasteiger partial charge in [0.25, 0.3) is 0 Å². The fourth-order valence-corrected chi connectivity index (χ4v) is 2.75. The van der Waals surface area contributed by atoms with Gasteiger partial charge in [0.15, 0.2) is 5.16 Å². The number of amides is 1. The van der Waals surface area contributed by atoms with Crippen molar-refractivity contribution >= 4 is 17.7 Å². The Hall–Kier alpha value is -1.86. The van der Waals surface area contributed by atoms with Crippen LogP contribution in [0.1, 0.15) is 29.8 Å². The second-order valence-electron chi connectivity index (χ2n) is 4.85. The van der Waals surface area contributed by atoms with Crippen LogP contribution in [-0.4, -0.2) is 20.7 Å². The minimum atomic E-state index is -0.252. The first-order valence-electron chi connectivity index (χ1n) is 6.61. The first kappa shape index (κ1) is 15.5. The predicted octanol–water partition coefficient (Wildman–Crippen LogP) is 1.51. The number of thioether (sulfide) groups is 1. The lowest BCUT2D eigenvalue weighted by Gasteiger charge is -2.10. The highest BCUT2D eigenvalue weighted by Gasteiger charge is 2.13. The maximum absolute atomic E-state index is 11.5. The van der Waals surface area contributed by atoms with Crippen LogP contribution >= 0.6 is 11.8 Å². The Labute approximate surface area is 128 Å². The van der Waals surface area contributed by atoms with E-state index in [2.05, 4.69) is 15.6 Å². The van der Waals surface area contributed by atoms with Crippen molar-refractivity contribution in [3.8, 4) is 0 Å². The number of aryl methyl sites for hydroxylation is 1. The molecule has 1 aromatic carbocycles. The van der Waals surface area contributed by atoms with E-state index in [1.807, 2.05) is 49.7 Å². The minimum absolute atomic E-state index is 0.188. The normalized spacial score (nSPS) is 12.2. The van der Waals surface area contributed by atoms with E-state index >= 15 is 0 Å². The van der Waals surface area contributed by atoms with Gasteiger partial charge in [0.1, 0.15) is 5.82 Å². The maximum atomic E-state index is 11.5. The maximum Gasteiger partial charge on any atom is 0.241 e. The molecule has 0 radical (unpaired) electrons. The molecule has 0 bridgehead atoms. The van der Waals surface area contributed by atoms with Gasteiger partial charge in [-0.15, -0.1) is 10.2 Å². The fraction of sp³-hybridized carbons (Fsp3) is 0.357. The van der Waals surface area contributed by atoms with Crippen molar-refractivity contribution in [2.45, 2.75) is 30.7 Å².